The lowest BCUT2D eigenvalue weighted by atomic mass is 9.87. The lowest BCUT2D eigenvalue weighted by Gasteiger charge is -2.21. The molecule has 2 aromatic heterocycles. The monoisotopic (exact) mass is 778 g/mol. The van der Waals surface area contributed by atoms with Crippen LogP contribution in [0.3, 0.4) is 0 Å². The Morgan fingerprint density at radius 1 is 0.754 bits per heavy atom. The van der Waals surface area contributed by atoms with Crippen LogP contribution in [0.25, 0.3) is 45.8 Å². The van der Waals surface area contributed by atoms with E-state index in [2.05, 4.69) is 104 Å². The number of nitrogens with zero attached hydrogens (tertiary/aromatic N) is 4. The fourth-order valence-corrected chi connectivity index (χ4v) is 7.12. The molecule has 14 nitrogen and oxygen atoms in total. The average molecular weight is 779 g/mol. The first-order chi connectivity index (χ1) is 27.4. The second-order valence-electron chi connectivity index (χ2n) is 14.4. The number of H-pyrrole nitrogens is 2. The Morgan fingerprint density at radius 2 is 1.25 bits per heavy atom. The molecule has 1 aliphatic rings. The summed E-state index contributed by atoms with van der Waals surface area (Å²) in [6.45, 7) is 13.7. The predicted octanol–water partition coefficient (Wildman–Crippen LogP) is 7.01. The van der Waals surface area contributed by atoms with Crippen molar-refractivity contribution in [3.05, 3.63) is 81.7 Å². The number of allylic oxidation sites excluding steroid dienone is 2. The van der Waals surface area contributed by atoms with Crippen LogP contribution in [0.2, 0.25) is 0 Å². The van der Waals surface area contributed by atoms with E-state index >= 15 is 0 Å². The number of methoxy groups -OCH3 is 2. The predicted molar refractivity (Wildman–Crippen MR) is 221 cm³/mol. The molecule has 4 N–H and O–H groups in total. The highest BCUT2D eigenvalue weighted by Crippen LogP contribution is 2.42. The largest absolute Gasteiger partial charge is 0.453 e. The number of aromatic nitrogens is 4. The molecule has 14 heteroatoms. The minimum absolute atomic E-state index is 0.155. The van der Waals surface area contributed by atoms with E-state index in [9.17, 15) is 19.2 Å². The Labute approximate surface area is 334 Å². The van der Waals surface area contributed by atoms with Gasteiger partial charge in [-0.05, 0) is 80.3 Å². The van der Waals surface area contributed by atoms with Gasteiger partial charge in [-0.3, -0.25) is 9.59 Å². The topological polar surface area (TPSA) is 175 Å². The minimum Gasteiger partial charge on any atom is -0.453 e. The summed E-state index contributed by atoms with van der Waals surface area (Å²) < 4.78 is 9.22. The van der Waals surface area contributed by atoms with Crippen LogP contribution in [0, 0.1) is 6.92 Å². The zero-order valence-corrected chi connectivity index (χ0v) is 34.2. The third-order valence-electron chi connectivity index (χ3n) is 9.79. The van der Waals surface area contributed by atoms with Gasteiger partial charge in [0.1, 0.15) is 24.7 Å². The highest BCUT2D eigenvalue weighted by atomic mass is 16.5. The molecule has 1 aliphatic carbocycles. The standard InChI is InChI=1S/C43H54N8O6/c1-9-15-50(40(52)22-46-42(54)56-7)24-38-44-20-36(48-38)31-13-11-29(28(6)33(31)17-26(3)4)30-12-14-32(35-19-27(5)18-34(30)35)37-21-45-39(49-37)25-51(16-10-2)41(53)23-47-43(55)57-8/h11-14,17-18,20-21H,9-10,15-16,19,22-25H2,1-8H3,(H,44,48)(H,45,49)(H,46,54)(H,47,55). The Balaban J connectivity index is 1.44. The van der Waals surface area contributed by atoms with Gasteiger partial charge in [0.2, 0.25) is 11.8 Å². The van der Waals surface area contributed by atoms with Gasteiger partial charge in [-0.1, -0.05) is 61.4 Å². The van der Waals surface area contributed by atoms with Crippen LogP contribution in [0.15, 0.2) is 47.8 Å². The van der Waals surface area contributed by atoms with Gasteiger partial charge in [0.15, 0.2) is 0 Å². The molecule has 0 saturated heterocycles. The summed E-state index contributed by atoms with van der Waals surface area (Å²) in [5.74, 6) is 0.860. The zero-order valence-electron chi connectivity index (χ0n) is 34.2. The number of alkyl carbamates (subject to hydrolysis) is 2. The van der Waals surface area contributed by atoms with Crippen molar-refractivity contribution in [1.82, 2.24) is 40.4 Å². The normalized spacial score (nSPS) is 11.7. The summed E-state index contributed by atoms with van der Waals surface area (Å²) >= 11 is 0. The van der Waals surface area contributed by atoms with Crippen molar-refractivity contribution in [2.45, 2.75) is 73.9 Å². The third kappa shape index (κ3) is 10.2. The number of rotatable bonds is 16. The van der Waals surface area contributed by atoms with Gasteiger partial charge in [-0.2, -0.15) is 0 Å². The van der Waals surface area contributed by atoms with Crippen LogP contribution in [0.4, 0.5) is 9.59 Å². The number of hydrogen-bond acceptors (Lipinski definition) is 8. The Kier molecular flexibility index (Phi) is 14.1. The van der Waals surface area contributed by atoms with Gasteiger partial charge >= 0.3 is 12.2 Å². The first-order valence-electron chi connectivity index (χ1n) is 19.3. The zero-order chi connectivity index (χ0) is 41.2. The second kappa shape index (κ2) is 19.1. The van der Waals surface area contributed by atoms with Crippen LogP contribution < -0.4 is 10.6 Å². The summed E-state index contributed by atoms with van der Waals surface area (Å²) in [4.78, 5) is 68.5. The molecule has 0 saturated carbocycles. The van der Waals surface area contributed by atoms with E-state index in [0.29, 0.717) is 24.7 Å². The first kappa shape index (κ1) is 42.0. The molecule has 5 rings (SSSR count). The maximum atomic E-state index is 12.9. The van der Waals surface area contributed by atoms with E-state index in [1.807, 2.05) is 20.0 Å². The highest BCUT2D eigenvalue weighted by molar-refractivity contribution is 5.90. The lowest BCUT2D eigenvalue weighted by molar-refractivity contribution is -0.131. The number of carbonyl (C=O) groups is 4. The van der Waals surface area contributed by atoms with E-state index in [4.69, 9.17) is 0 Å². The van der Waals surface area contributed by atoms with Crippen molar-refractivity contribution >= 4 is 36.2 Å². The molecular weight excluding hydrogens is 725 g/mol. The van der Waals surface area contributed by atoms with Crippen LogP contribution in [-0.4, -0.2) is 94.1 Å². The van der Waals surface area contributed by atoms with Crippen molar-refractivity contribution in [2.75, 3.05) is 40.4 Å². The SMILES string of the molecule is CCCN(Cc1ncc(-c2ccc(-c3ccc(-c4cnc(CN(CCC)C(=O)CNC(=O)OC)[nH]4)c4c3C=C(C)C4)c(C)c2C=C(C)C)[nH]1)C(=O)CNC(=O)OC. The molecule has 0 spiro atoms. The number of aromatic amines is 2. The van der Waals surface area contributed by atoms with E-state index in [0.717, 1.165) is 69.6 Å². The average Bonchev–Trinajstić information content (AvgIpc) is 3.96. The van der Waals surface area contributed by atoms with Gasteiger partial charge < -0.3 is 39.9 Å². The van der Waals surface area contributed by atoms with Crippen LogP contribution >= 0.6 is 0 Å². The molecule has 0 atom stereocenters. The number of hydrogen-bond donors (Lipinski definition) is 4. The van der Waals surface area contributed by atoms with Gasteiger partial charge in [-0.25, -0.2) is 19.6 Å². The minimum atomic E-state index is -0.654. The van der Waals surface area contributed by atoms with Crippen LogP contribution in [0.1, 0.15) is 81.4 Å². The number of ether oxygens (including phenoxy) is 2. The molecule has 0 aliphatic heterocycles. The third-order valence-corrected chi connectivity index (χ3v) is 9.79. The van der Waals surface area contributed by atoms with Crippen molar-refractivity contribution < 1.29 is 28.7 Å². The van der Waals surface area contributed by atoms with Gasteiger partial charge in [0.05, 0.1) is 51.1 Å². The Hall–Kier alpha value is -6.18. The van der Waals surface area contributed by atoms with Crippen LogP contribution in [-0.2, 0) is 38.6 Å². The molecule has 0 unspecified atom stereocenters. The summed E-state index contributed by atoms with van der Waals surface area (Å²) in [5, 5.41) is 4.93. The summed E-state index contributed by atoms with van der Waals surface area (Å²) in [5.41, 5.74) is 13.0. The quantitative estimate of drug-likeness (QED) is 0.0940. The van der Waals surface area contributed by atoms with Gasteiger partial charge in [-0.15, -0.1) is 0 Å². The van der Waals surface area contributed by atoms with Crippen molar-refractivity contribution in [3.8, 4) is 33.6 Å². The van der Waals surface area contributed by atoms with Crippen LogP contribution in [0.5, 0.6) is 0 Å². The molecule has 4 amide bonds. The van der Waals surface area contributed by atoms with E-state index in [1.54, 1.807) is 16.0 Å². The summed E-state index contributed by atoms with van der Waals surface area (Å²) in [6, 6.07) is 8.61. The number of nitrogens with one attached hydrogen (secondary N) is 4. The van der Waals surface area contributed by atoms with E-state index in [1.165, 1.54) is 30.9 Å². The van der Waals surface area contributed by atoms with E-state index < -0.39 is 12.2 Å². The fraction of sp³-hybridized carbons (Fsp3) is 0.395. The molecule has 57 heavy (non-hydrogen) atoms. The molecule has 0 bridgehead atoms. The Morgan fingerprint density at radius 3 is 1.75 bits per heavy atom. The number of benzene rings is 2. The number of fused-ring (bicyclic) bond motifs is 1. The van der Waals surface area contributed by atoms with E-state index in [-0.39, 0.29) is 38.0 Å². The maximum Gasteiger partial charge on any atom is 0.407 e. The highest BCUT2D eigenvalue weighted by Gasteiger charge is 2.24. The number of amides is 4. The van der Waals surface area contributed by atoms with Crippen molar-refractivity contribution in [3.63, 3.8) is 0 Å². The van der Waals surface area contributed by atoms with Crippen molar-refractivity contribution in [2.24, 2.45) is 0 Å². The molecular formula is C43H54N8O6. The molecule has 0 radical (unpaired) electrons. The van der Waals surface area contributed by atoms with Gasteiger partial charge in [0.25, 0.3) is 0 Å². The lowest BCUT2D eigenvalue weighted by Crippen LogP contribution is -2.40. The summed E-state index contributed by atoms with van der Waals surface area (Å²) in [7, 11) is 2.52. The number of carbonyl (C=O) groups excluding carboxylic acids is 4. The number of imidazole rings is 2. The molecule has 2 aromatic carbocycles. The fourth-order valence-electron chi connectivity index (χ4n) is 7.12. The maximum absolute atomic E-state index is 12.9. The molecule has 0 fully saturated rings. The molecule has 2 heterocycles. The molecule has 302 valence electrons. The smallest absolute Gasteiger partial charge is 0.407 e. The second-order valence-corrected chi connectivity index (χ2v) is 14.4. The first-order valence-corrected chi connectivity index (χ1v) is 19.3. The summed E-state index contributed by atoms with van der Waals surface area (Å²) in [6.07, 6.45) is 9.10. The Bertz CT molecular complexity index is 2180. The molecule has 4 aromatic rings. The van der Waals surface area contributed by atoms with Crippen molar-refractivity contribution in [1.29, 1.82) is 0 Å². The van der Waals surface area contributed by atoms with Gasteiger partial charge in [0, 0.05) is 24.2 Å².